The highest BCUT2D eigenvalue weighted by atomic mass is 16.7. The average Bonchev–Trinajstić information content (AvgIpc) is 2.55. The molecule has 1 amide bonds. The molecule has 1 fully saturated rings. The number of aliphatic hydroxyl groups is 3. The number of amides is 1. The molecule has 1 rings (SSSR count). The van der Waals surface area contributed by atoms with E-state index in [2.05, 4.69) is 12.2 Å². The summed E-state index contributed by atoms with van der Waals surface area (Å²) in [5.74, 6) is -0.346. The smallest absolute Gasteiger partial charge is 0.217 e. The number of hydrogen-bond acceptors (Lipinski definition) is 6. The molecule has 0 spiro atoms. The van der Waals surface area contributed by atoms with Crippen LogP contribution in [0.2, 0.25) is 0 Å². The number of nitrogens with one attached hydrogen (secondary N) is 1. The van der Waals surface area contributed by atoms with Crippen molar-refractivity contribution in [1.29, 1.82) is 0 Å². The maximum absolute atomic E-state index is 11.3. The summed E-state index contributed by atoms with van der Waals surface area (Å²) < 4.78 is 11.2. The number of aliphatic hydroxyl groups excluding tert-OH is 3. The maximum Gasteiger partial charge on any atom is 0.217 e. The van der Waals surface area contributed by atoms with Gasteiger partial charge in [-0.05, 0) is 6.42 Å². The summed E-state index contributed by atoms with van der Waals surface area (Å²) in [6.45, 7) is 3.52. The largest absolute Gasteiger partial charge is 0.394 e. The summed E-state index contributed by atoms with van der Waals surface area (Å²) in [6.07, 6.45) is 3.72. The van der Waals surface area contributed by atoms with Crippen LogP contribution >= 0.6 is 0 Å². The Hall–Kier alpha value is -0.730. The molecule has 1 aliphatic heterocycles. The highest BCUT2D eigenvalue weighted by molar-refractivity contribution is 5.73. The molecule has 0 aromatic heterocycles. The average molecular weight is 347 g/mol. The lowest BCUT2D eigenvalue weighted by Gasteiger charge is -2.42. The van der Waals surface area contributed by atoms with Gasteiger partial charge in [-0.1, -0.05) is 45.4 Å². The van der Waals surface area contributed by atoms with Crippen LogP contribution in [-0.4, -0.2) is 65.1 Å². The Bertz CT molecular complexity index is 354. The molecule has 7 nitrogen and oxygen atoms in total. The monoisotopic (exact) mass is 347 g/mol. The molecule has 0 aromatic rings. The molecule has 0 aromatic carbocycles. The van der Waals surface area contributed by atoms with E-state index in [1.54, 1.807) is 0 Å². The van der Waals surface area contributed by atoms with Crippen LogP contribution < -0.4 is 5.32 Å². The molecule has 0 bridgehead atoms. The van der Waals surface area contributed by atoms with E-state index in [0.29, 0.717) is 6.61 Å². The van der Waals surface area contributed by atoms with E-state index in [1.807, 2.05) is 0 Å². The van der Waals surface area contributed by atoms with Crippen molar-refractivity contribution in [2.45, 2.75) is 89.4 Å². The Labute approximate surface area is 144 Å². The highest BCUT2D eigenvalue weighted by Gasteiger charge is 2.45. The molecule has 142 valence electrons. The van der Waals surface area contributed by atoms with Gasteiger partial charge in [0, 0.05) is 13.5 Å². The molecule has 24 heavy (non-hydrogen) atoms. The van der Waals surface area contributed by atoms with E-state index in [4.69, 9.17) is 9.47 Å². The molecule has 1 saturated heterocycles. The quantitative estimate of drug-likeness (QED) is 0.410. The molecular formula is C17H33NO6. The van der Waals surface area contributed by atoms with Gasteiger partial charge in [-0.3, -0.25) is 4.79 Å². The van der Waals surface area contributed by atoms with Crippen LogP contribution in [0.1, 0.15) is 58.8 Å². The molecule has 7 heteroatoms. The summed E-state index contributed by atoms with van der Waals surface area (Å²) in [7, 11) is 0. The molecule has 1 aliphatic rings. The number of unbranched alkanes of at least 4 members (excludes halogenated alkanes) is 6. The Morgan fingerprint density at radius 3 is 2.29 bits per heavy atom. The number of carbonyl (C=O) groups excluding carboxylic acids is 1. The predicted molar refractivity (Wildman–Crippen MR) is 89.3 cm³/mol. The van der Waals surface area contributed by atoms with Crippen molar-refractivity contribution in [2.75, 3.05) is 13.2 Å². The zero-order valence-corrected chi connectivity index (χ0v) is 14.8. The van der Waals surface area contributed by atoms with E-state index >= 15 is 0 Å². The van der Waals surface area contributed by atoms with E-state index < -0.39 is 37.3 Å². The first kappa shape index (κ1) is 21.3. The minimum Gasteiger partial charge on any atom is -0.394 e. The second-order valence-corrected chi connectivity index (χ2v) is 6.43. The maximum atomic E-state index is 11.3. The summed E-state index contributed by atoms with van der Waals surface area (Å²) >= 11 is 0. The lowest BCUT2D eigenvalue weighted by molar-refractivity contribution is -0.270. The minimum absolute atomic E-state index is 0.346. The van der Waals surface area contributed by atoms with Gasteiger partial charge in [0.05, 0.1) is 6.61 Å². The van der Waals surface area contributed by atoms with Gasteiger partial charge in [-0.2, -0.15) is 0 Å². The lowest BCUT2D eigenvalue weighted by Crippen LogP contribution is -2.64. The van der Waals surface area contributed by atoms with Crippen molar-refractivity contribution in [3.05, 3.63) is 0 Å². The fraction of sp³-hybridized carbons (Fsp3) is 0.941. The standard InChI is InChI=1S/C17H33NO6/c1-3-4-5-6-7-8-9-10-23-17-14(18-12(2)20)16(22)15(21)13(11-19)24-17/h13-17,19,21-22H,3-11H2,1-2H3,(H,18,20)/t13-,14-,15+,16+,17-/m1/s1. The molecule has 1 heterocycles. The minimum atomic E-state index is -1.27. The van der Waals surface area contributed by atoms with E-state index in [9.17, 15) is 20.1 Å². The van der Waals surface area contributed by atoms with Crippen molar-refractivity contribution in [3.8, 4) is 0 Å². The van der Waals surface area contributed by atoms with E-state index in [-0.39, 0.29) is 5.91 Å². The topological polar surface area (TPSA) is 108 Å². The van der Waals surface area contributed by atoms with Gasteiger partial charge in [0.25, 0.3) is 0 Å². The molecule has 0 unspecified atom stereocenters. The van der Waals surface area contributed by atoms with Crippen LogP contribution in [0.3, 0.4) is 0 Å². The number of ether oxygens (including phenoxy) is 2. The van der Waals surface area contributed by atoms with Gasteiger partial charge in [-0.15, -0.1) is 0 Å². The van der Waals surface area contributed by atoms with Gasteiger partial charge in [0.15, 0.2) is 6.29 Å². The Kier molecular flexibility index (Phi) is 10.4. The van der Waals surface area contributed by atoms with E-state index in [0.717, 1.165) is 19.3 Å². The summed E-state index contributed by atoms with van der Waals surface area (Å²) in [5, 5.41) is 31.8. The molecule has 5 atom stereocenters. The third-order valence-corrected chi connectivity index (χ3v) is 4.28. The normalized spacial score (nSPS) is 30.3. The third kappa shape index (κ3) is 7.03. The van der Waals surface area contributed by atoms with Crippen LogP contribution in [0.25, 0.3) is 0 Å². The Morgan fingerprint density at radius 1 is 1.08 bits per heavy atom. The first-order valence-electron chi connectivity index (χ1n) is 9.02. The third-order valence-electron chi connectivity index (χ3n) is 4.28. The number of carbonyl (C=O) groups is 1. The van der Waals surface area contributed by atoms with Gasteiger partial charge >= 0.3 is 0 Å². The van der Waals surface area contributed by atoms with Crippen molar-refractivity contribution in [1.82, 2.24) is 5.32 Å². The van der Waals surface area contributed by atoms with Crippen LogP contribution in [0, 0.1) is 0 Å². The molecule has 4 N–H and O–H groups in total. The Morgan fingerprint density at radius 2 is 1.71 bits per heavy atom. The fourth-order valence-corrected chi connectivity index (χ4v) is 2.87. The predicted octanol–water partition coefficient (Wildman–Crippen LogP) is 0.697. The van der Waals surface area contributed by atoms with Gasteiger partial charge in [0.1, 0.15) is 24.4 Å². The molecular weight excluding hydrogens is 314 g/mol. The molecule has 0 radical (unpaired) electrons. The van der Waals surface area contributed by atoms with Crippen LogP contribution in [-0.2, 0) is 14.3 Å². The van der Waals surface area contributed by atoms with Crippen molar-refractivity contribution in [3.63, 3.8) is 0 Å². The van der Waals surface area contributed by atoms with Gasteiger partial charge in [-0.25, -0.2) is 0 Å². The van der Waals surface area contributed by atoms with E-state index in [1.165, 1.54) is 32.6 Å². The lowest BCUT2D eigenvalue weighted by atomic mass is 9.97. The fourth-order valence-electron chi connectivity index (χ4n) is 2.87. The molecule has 0 aliphatic carbocycles. The van der Waals surface area contributed by atoms with Gasteiger partial charge < -0.3 is 30.1 Å². The first-order valence-corrected chi connectivity index (χ1v) is 9.02. The summed E-state index contributed by atoms with van der Waals surface area (Å²) in [6, 6.07) is -0.857. The van der Waals surface area contributed by atoms with Gasteiger partial charge in [0.2, 0.25) is 5.91 Å². The molecule has 0 saturated carbocycles. The Balaban J connectivity index is 2.39. The zero-order valence-electron chi connectivity index (χ0n) is 14.8. The second kappa shape index (κ2) is 11.8. The first-order chi connectivity index (χ1) is 11.5. The van der Waals surface area contributed by atoms with Crippen LogP contribution in [0.4, 0.5) is 0 Å². The van der Waals surface area contributed by atoms with Crippen molar-refractivity contribution < 1.29 is 29.6 Å². The highest BCUT2D eigenvalue weighted by Crippen LogP contribution is 2.22. The van der Waals surface area contributed by atoms with Crippen molar-refractivity contribution in [2.24, 2.45) is 0 Å². The van der Waals surface area contributed by atoms with Crippen molar-refractivity contribution >= 4 is 5.91 Å². The summed E-state index contributed by atoms with van der Waals surface area (Å²) in [5.41, 5.74) is 0. The number of hydrogen-bond donors (Lipinski definition) is 4. The van der Waals surface area contributed by atoms with Crippen LogP contribution in [0.15, 0.2) is 0 Å². The summed E-state index contributed by atoms with van der Waals surface area (Å²) in [4.78, 5) is 11.3. The SMILES string of the molecule is CCCCCCCCCO[C@@H]1O[C@H](CO)[C@H](O)[C@@H](O)[C@H]1NC(C)=O. The van der Waals surface area contributed by atoms with Crippen LogP contribution in [0.5, 0.6) is 0 Å². The zero-order chi connectivity index (χ0) is 17.9. The number of rotatable bonds is 11. The second-order valence-electron chi connectivity index (χ2n) is 6.43.